The van der Waals surface area contributed by atoms with Gasteiger partial charge in [-0.1, -0.05) is 20.4 Å². The van der Waals surface area contributed by atoms with Crippen molar-refractivity contribution in [2.24, 2.45) is 4.99 Å². The molecule has 1 aliphatic rings. The molecule has 0 saturated carbocycles. The fourth-order valence-electron chi connectivity index (χ4n) is 1.45. The van der Waals surface area contributed by atoms with Crippen LogP contribution in [-0.2, 0) is 0 Å². The number of aliphatic imine (C=N–C) groups is 1. The SMILES string of the molecule is C=C1N=C(C)C(=C(C)[O-])CC1=C(C)[O-]. The van der Waals surface area contributed by atoms with Gasteiger partial charge >= 0.3 is 0 Å². The summed E-state index contributed by atoms with van der Waals surface area (Å²) in [5, 5.41) is 22.4. The average molecular weight is 191 g/mol. The van der Waals surface area contributed by atoms with Crippen LogP contribution in [0.15, 0.2) is 39.9 Å². The molecule has 0 unspecified atom stereocenters. The lowest BCUT2D eigenvalue weighted by molar-refractivity contribution is -0.304. The Morgan fingerprint density at radius 2 is 1.71 bits per heavy atom. The van der Waals surface area contributed by atoms with Gasteiger partial charge in [0.2, 0.25) is 0 Å². The van der Waals surface area contributed by atoms with Crippen LogP contribution in [0.25, 0.3) is 0 Å². The van der Waals surface area contributed by atoms with Crippen molar-refractivity contribution in [1.82, 2.24) is 0 Å². The van der Waals surface area contributed by atoms with Crippen molar-refractivity contribution in [3.05, 3.63) is 34.9 Å². The Labute approximate surface area is 83.8 Å². The average Bonchev–Trinajstić information content (AvgIpc) is 2.02. The third-order valence-corrected chi connectivity index (χ3v) is 2.29. The highest BCUT2D eigenvalue weighted by Crippen LogP contribution is 2.28. The fraction of sp³-hybridized carbons (Fsp3) is 0.364. The normalized spacial score (nSPS) is 24.5. The summed E-state index contributed by atoms with van der Waals surface area (Å²) in [7, 11) is 0. The maximum atomic E-state index is 11.2. The summed E-state index contributed by atoms with van der Waals surface area (Å²) in [5.74, 6) is -0.0949. The predicted molar refractivity (Wildman–Crippen MR) is 52.3 cm³/mol. The Morgan fingerprint density at radius 1 is 1.21 bits per heavy atom. The molecule has 0 aromatic rings. The molecule has 0 spiro atoms. The lowest BCUT2D eigenvalue weighted by Crippen LogP contribution is -2.17. The van der Waals surface area contributed by atoms with Crippen LogP contribution >= 0.6 is 0 Å². The van der Waals surface area contributed by atoms with E-state index in [2.05, 4.69) is 11.6 Å². The maximum absolute atomic E-state index is 11.2. The number of hydrogen-bond donors (Lipinski definition) is 0. The van der Waals surface area contributed by atoms with Crippen LogP contribution in [0.1, 0.15) is 27.2 Å². The zero-order valence-electron chi connectivity index (χ0n) is 8.68. The van der Waals surface area contributed by atoms with Gasteiger partial charge in [0.15, 0.2) is 0 Å². The van der Waals surface area contributed by atoms with Crippen LogP contribution in [0.4, 0.5) is 0 Å². The highest BCUT2D eigenvalue weighted by atomic mass is 16.3. The van der Waals surface area contributed by atoms with Gasteiger partial charge in [-0.2, -0.15) is 0 Å². The van der Waals surface area contributed by atoms with Crippen molar-refractivity contribution < 1.29 is 10.2 Å². The van der Waals surface area contributed by atoms with Crippen LogP contribution in [-0.4, -0.2) is 5.71 Å². The topological polar surface area (TPSA) is 58.5 Å². The molecular weight excluding hydrogens is 178 g/mol. The monoisotopic (exact) mass is 191 g/mol. The van der Waals surface area contributed by atoms with Gasteiger partial charge in [-0.3, -0.25) is 4.99 Å². The first kappa shape index (κ1) is 10.6. The molecule has 3 nitrogen and oxygen atoms in total. The lowest BCUT2D eigenvalue weighted by atomic mass is 9.95. The molecule has 0 saturated heterocycles. The van der Waals surface area contributed by atoms with E-state index in [1.54, 1.807) is 6.92 Å². The van der Waals surface area contributed by atoms with E-state index >= 15 is 0 Å². The number of nitrogens with zero attached hydrogens (tertiary/aromatic N) is 1. The van der Waals surface area contributed by atoms with E-state index in [9.17, 15) is 10.2 Å². The van der Waals surface area contributed by atoms with Crippen molar-refractivity contribution in [3.8, 4) is 0 Å². The van der Waals surface area contributed by atoms with Gasteiger partial charge in [-0.05, 0) is 24.5 Å². The first-order chi connectivity index (χ1) is 6.43. The minimum absolute atomic E-state index is 0.0301. The molecule has 0 aromatic carbocycles. The number of allylic oxidation sites excluding steroid dienone is 4. The number of rotatable bonds is 0. The van der Waals surface area contributed by atoms with E-state index in [1.165, 1.54) is 13.8 Å². The van der Waals surface area contributed by atoms with E-state index in [1.807, 2.05) is 0 Å². The second-order valence-electron chi connectivity index (χ2n) is 3.39. The van der Waals surface area contributed by atoms with Crippen molar-refractivity contribution in [1.29, 1.82) is 0 Å². The Bertz CT molecular complexity index is 365. The molecule has 0 aliphatic carbocycles. The molecule has 0 bridgehead atoms. The Balaban J connectivity index is 3.25. The van der Waals surface area contributed by atoms with Crippen molar-refractivity contribution >= 4 is 5.71 Å². The first-order valence-electron chi connectivity index (χ1n) is 4.42. The molecule has 14 heavy (non-hydrogen) atoms. The minimum atomic E-state index is -0.0648. The summed E-state index contributed by atoms with van der Waals surface area (Å²) in [6, 6.07) is 0. The van der Waals surface area contributed by atoms with Crippen molar-refractivity contribution in [2.45, 2.75) is 27.2 Å². The molecule has 0 radical (unpaired) electrons. The molecule has 0 N–H and O–H groups in total. The van der Waals surface area contributed by atoms with Gasteiger partial charge < -0.3 is 10.2 Å². The molecule has 3 heteroatoms. The van der Waals surface area contributed by atoms with E-state index in [0.29, 0.717) is 29.0 Å². The maximum Gasteiger partial charge on any atom is 0.0587 e. The fourth-order valence-corrected chi connectivity index (χ4v) is 1.45. The van der Waals surface area contributed by atoms with Gasteiger partial charge in [-0.25, -0.2) is 0 Å². The van der Waals surface area contributed by atoms with Crippen molar-refractivity contribution in [2.75, 3.05) is 0 Å². The molecule has 0 amide bonds. The van der Waals surface area contributed by atoms with E-state index in [0.717, 1.165) is 0 Å². The second-order valence-corrected chi connectivity index (χ2v) is 3.39. The smallest absolute Gasteiger partial charge is 0.0587 e. The van der Waals surface area contributed by atoms with E-state index in [-0.39, 0.29) is 11.5 Å². The zero-order chi connectivity index (χ0) is 10.9. The molecule has 1 rings (SSSR count). The first-order valence-corrected chi connectivity index (χ1v) is 4.42. The van der Waals surface area contributed by atoms with Crippen LogP contribution in [0.5, 0.6) is 0 Å². The minimum Gasteiger partial charge on any atom is -0.875 e. The largest absolute Gasteiger partial charge is 0.875 e. The lowest BCUT2D eigenvalue weighted by Gasteiger charge is -2.25. The molecule has 1 heterocycles. The van der Waals surface area contributed by atoms with Crippen LogP contribution < -0.4 is 10.2 Å². The molecular formula is C11H13NO2-2. The Kier molecular flexibility index (Phi) is 2.79. The van der Waals surface area contributed by atoms with E-state index < -0.39 is 0 Å². The van der Waals surface area contributed by atoms with Gasteiger partial charge in [0, 0.05) is 5.71 Å². The summed E-state index contributed by atoms with van der Waals surface area (Å²) >= 11 is 0. The molecule has 0 atom stereocenters. The molecule has 1 aliphatic heterocycles. The number of hydrogen-bond acceptors (Lipinski definition) is 3. The van der Waals surface area contributed by atoms with Crippen LogP contribution in [0.2, 0.25) is 0 Å². The van der Waals surface area contributed by atoms with Gasteiger partial charge in [0.05, 0.1) is 5.70 Å². The Morgan fingerprint density at radius 3 is 2.14 bits per heavy atom. The van der Waals surface area contributed by atoms with Gasteiger partial charge in [-0.15, -0.1) is 11.5 Å². The third kappa shape index (κ3) is 1.87. The Hall–Kier alpha value is -1.51. The molecule has 0 aromatic heterocycles. The summed E-state index contributed by atoms with van der Waals surface area (Å²) in [4.78, 5) is 4.09. The zero-order valence-corrected chi connectivity index (χ0v) is 8.68. The summed E-state index contributed by atoms with van der Waals surface area (Å²) in [6.45, 7) is 8.41. The van der Waals surface area contributed by atoms with Gasteiger partial charge in [0.1, 0.15) is 0 Å². The highest BCUT2D eigenvalue weighted by molar-refractivity contribution is 6.01. The quantitative estimate of drug-likeness (QED) is 0.527. The summed E-state index contributed by atoms with van der Waals surface area (Å²) in [6.07, 6.45) is 0.374. The predicted octanol–water partition coefficient (Wildman–Crippen LogP) is 0.633. The second kappa shape index (κ2) is 3.70. The molecule has 0 fully saturated rings. The van der Waals surface area contributed by atoms with Crippen molar-refractivity contribution in [3.63, 3.8) is 0 Å². The highest BCUT2D eigenvalue weighted by Gasteiger charge is 2.14. The van der Waals surface area contributed by atoms with Gasteiger partial charge in [0.25, 0.3) is 0 Å². The summed E-state index contributed by atoms with van der Waals surface area (Å²) < 4.78 is 0. The summed E-state index contributed by atoms with van der Waals surface area (Å²) in [5.41, 5.74) is 2.32. The third-order valence-electron chi connectivity index (χ3n) is 2.29. The molecule has 76 valence electrons. The standard InChI is InChI=1S/C11H15NO2/c1-6-10(8(3)13)5-11(9(4)14)7(2)12-6/h13-14H,1,5H2,2-4H3/p-2. The van der Waals surface area contributed by atoms with Crippen LogP contribution in [0, 0.1) is 0 Å². The van der Waals surface area contributed by atoms with E-state index in [4.69, 9.17) is 0 Å². The van der Waals surface area contributed by atoms with Crippen LogP contribution in [0.3, 0.4) is 0 Å².